The second-order valence-corrected chi connectivity index (χ2v) is 4.39. The second kappa shape index (κ2) is 6.20. The first-order valence-electron chi connectivity index (χ1n) is 6.03. The third-order valence-electron chi connectivity index (χ3n) is 2.78. The zero-order valence-electron chi connectivity index (χ0n) is 11.2. The Labute approximate surface area is 115 Å². The standard InChI is InChI=1S/C12H15N5O3/c1-8-3-9(6-13-5-8)12-14-15-16-17(12)7-10(20-2)4-11(18)19/h3,5-6,10H,4,7H2,1-2H3,(H,18,19). The Morgan fingerprint density at radius 3 is 2.95 bits per heavy atom. The van der Waals surface area contributed by atoms with Crippen LogP contribution in [0.3, 0.4) is 0 Å². The summed E-state index contributed by atoms with van der Waals surface area (Å²) in [6.45, 7) is 2.19. The Bertz CT molecular complexity index is 598. The molecule has 8 nitrogen and oxygen atoms in total. The summed E-state index contributed by atoms with van der Waals surface area (Å²) in [5, 5.41) is 20.3. The van der Waals surface area contributed by atoms with Gasteiger partial charge in [-0.25, -0.2) is 4.68 Å². The van der Waals surface area contributed by atoms with Crippen LogP contribution in [0.1, 0.15) is 12.0 Å². The second-order valence-electron chi connectivity index (χ2n) is 4.39. The van der Waals surface area contributed by atoms with Gasteiger partial charge in [-0.3, -0.25) is 9.78 Å². The molecule has 2 aromatic heterocycles. The van der Waals surface area contributed by atoms with Gasteiger partial charge in [-0.05, 0) is 29.0 Å². The van der Waals surface area contributed by atoms with E-state index in [4.69, 9.17) is 9.84 Å². The highest BCUT2D eigenvalue weighted by Gasteiger charge is 2.17. The number of methoxy groups -OCH3 is 1. The van der Waals surface area contributed by atoms with E-state index >= 15 is 0 Å². The number of aliphatic carboxylic acids is 1. The van der Waals surface area contributed by atoms with Gasteiger partial charge in [0.15, 0.2) is 5.82 Å². The van der Waals surface area contributed by atoms with Gasteiger partial charge in [0, 0.05) is 25.1 Å². The maximum atomic E-state index is 10.7. The van der Waals surface area contributed by atoms with E-state index in [0.717, 1.165) is 11.1 Å². The van der Waals surface area contributed by atoms with E-state index in [1.54, 1.807) is 12.4 Å². The molecule has 0 saturated heterocycles. The normalized spacial score (nSPS) is 12.3. The average Bonchev–Trinajstić information content (AvgIpc) is 2.85. The van der Waals surface area contributed by atoms with Crippen molar-refractivity contribution >= 4 is 5.97 Å². The molecule has 0 bridgehead atoms. The topological polar surface area (TPSA) is 103 Å². The molecular formula is C12H15N5O3. The van der Waals surface area contributed by atoms with Gasteiger partial charge < -0.3 is 9.84 Å². The molecule has 1 atom stereocenters. The van der Waals surface area contributed by atoms with E-state index in [9.17, 15) is 4.79 Å². The van der Waals surface area contributed by atoms with Crippen molar-refractivity contribution in [1.29, 1.82) is 0 Å². The fourth-order valence-electron chi connectivity index (χ4n) is 1.82. The predicted octanol–water partition coefficient (Wildman–Crippen LogP) is 0.533. The summed E-state index contributed by atoms with van der Waals surface area (Å²) in [6.07, 6.45) is 2.79. The molecule has 0 aromatic carbocycles. The maximum Gasteiger partial charge on any atom is 0.306 e. The van der Waals surface area contributed by atoms with Gasteiger partial charge in [0.25, 0.3) is 0 Å². The van der Waals surface area contributed by atoms with E-state index in [1.165, 1.54) is 11.8 Å². The summed E-state index contributed by atoms with van der Waals surface area (Å²) >= 11 is 0. The first-order valence-corrected chi connectivity index (χ1v) is 6.03. The Kier molecular flexibility index (Phi) is 4.36. The fraction of sp³-hybridized carbons (Fsp3) is 0.417. The third-order valence-corrected chi connectivity index (χ3v) is 2.78. The van der Waals surface area contributed by atoms with E-state index in [0.29, 0.717) is 5.82 Å². The number of tetrazole rings is 1. The quantitative estimate of drug-likeness (QED) is 0.821. The predicted molar refractivity (Wildman–Crippen MR) is 68.8 cm³/mol. The molecule has 20 heavy (non-hydrogen) atoms. The molecule has 0 aliphatic carbocycles. The lowest BCUT2D eigenvalue weighted by atomic mass is 10.2. The molecule has 2 rings (SSSR count). The number of hydrogen-bond acceptors (Lipinski definition) is 6. The number of ether oxygens (including phenoxy) is 1. The summed E-state index contributed by atoms with van der Waals surface area (Å²) < 4.78 is 6.66. The van der Waals surface area contributed by atoms with Crippen molar-refractivity contribution in [3.05, 3.63) is 24.0 Å². The van der Waals surface area contributed by atoms with Crippen LogP contribution in [-0.2, 0) is 16.1 Å². The number of nitrogens with zero attached hydrogens (tertiary/aromatic N) is 5. The highest BCUT2D eigenvalue weighted by Crippen LogP contribution is 2.16. The van der Waals surface area contributed by atoms with Crippen molar-refractivity contribution in [2.45, 2.75) is 26.0 Å². The Morgan fingerprint density at radius 2 is 2.30 bits per heavy atom. The van der Waals surface area contributed by atoms with Gasteiger partial charge in [-0.2, -0.15) is 0 Å². The number of aryl methyl sites for hydroxylation is 1. The van der Waals surface area contributed by atoms with Gasteiger partial charge in [-0.15, -0.1) is 5.10 Å². The molecule has 0 spiro atoms. The summed E-state index contributed by atoms with van der Waals surface area (Å²) in [6, 6.07) is 1.91. The van der Waals surface area contributed by atoms with Crippen molar-refractivity contribution in [3.63, 3.8) is 0 Å². The zero-order valence-corrected chi connectivity index (χ0v) is 11.2. The first kappa shape index (κ1) is 14.1. The van der Waals surface area contributed by atoms with Crippen molar-refractivity contribution in [3.8, 4) is 11.4 Å². The number of hydrogen-bond donors (Lipinski definition) is 1. The minimum Gasteiger partial charge on any atom is -0.481 e. The molecule has 0 fully saturated rings. The summed E-state index contributed by atoms with van der Waals surface area (Å²) in [4.78, 5) is 14.8. The first-order chi connectivity index (χ1) is 9.60. The SMILES string of the molecule is COC(CC(=O)O)Cn1nnnc1-c1cncc(C)c1. The highest BCUT2D eigenvalue weighted by atomic mass is 16.5. The van der Waals surface area contributed by atoms with Crippen molar-refractivity contribution in [2.75, 3.05) is 7.11 Å². The molecule has 0 aliphatic rings. The monoisotopic (exact) mass is 277 g/mol. The molecule has 1 N–H and O–H groups in total. The smallest absolute Gasteiger partial charge is 0.306 e. The van der Waals surface area contributed by atoms with Crippen molar-refractivity contribution in [1.82, 2.24) is 25.2 Å². The van der Waals surface area contributed by atoms with Gasteiger partial charge in [0.1, 0.15) is 0 Å². The molecule has 1 unspecified atom stereocenters. The number of rotatable bonds is 6. The third kappa shape index (κ3) is 3.35. The fourth-order valence-corrected chi connectivity index (χ4v) is 1.82. The van der Waals surface area contributed by atoms with Crippen LogP contribution in [0.2, 0.25) is 0 Å². The minimum absolute atomic E-state index is 0.109. The lowest BCUT2D eigenvalue weighted by Gasteiger charge is -2.13. The largest absolute Gasteiger partial charge is 0.481 e. The van der Waals surface area contributed by atoms with Crippen LogP contribution < -0.4 is 0 Å². The van der Waals surface area contributed by atoms with Crippen LogP contribution in [0.4, 0.5) is 0 Å². The van der Waals surface area contributed by atoms with Crippen LogP contribution in [-0.4, -0.2) is 49.5 Å². The molecular weight excluding hydrogens is 262 g/mol. The number of carbonyl (C=O) groups is 1. The van der Waals surface area contributed by atoms with Gasteiger partial charge in [0.05, 0.1) is 19.1 Å². The summed E-state index contributed by atoms with van der Waals surface area (Å²) in [5.41, 5.74) is 1.77. The van der Waals surface area contributed by atoms with Crippen LogP contribution >= 0.6 is 0 Å². The van der Waals surface area contributed by atoms with Gasteiger partial charge in [0.2, 0.25) is 0 Å². The van der Waals surface area contributed by atoms with Crippen molar-refractivity contribution in [2.24, 2.45) is 0 Å². The van der Waals surface area contributed by atoms with Gasteiger partial charge >= 0.3 is 5.97 Å². The molecule has 0 aliphatic heterocycles. The zero-order chi connectivity index (χ0) is 14.5. The van der Waals surface area contributed by atoms with E-state index in [1.807, 2.05) is 13.0 Å². The van der Waals surface area contributed by atoms with Crippen LogP contribution in [0.15, 0.2) is 18.5 Å². The average molecular weight is 277 g/mol. The molecule has 8 heteroatoms. The Balaban J connectivity index is 2.22. The lowest BCUT2D eigenvalue weighted by Crippen LogP contribution is -2.23. The molecule has 0 radical (unpaired) electrons. The number of pyridine rings is 1. The van der Waals surface area contributed by atoms with E-state index < -0.39 is 12.1 Å². The molecule has 2 heterocycles. The molecule has 106 valence electrons. The lowest BCUT2D eigenvalue weighted by molar-refractivity contribution is -0.139. The van der Waals surface area contributed by atoms with Crippen LogP contribution in [0.5, 0.6) is 0 Å². The Morgan fingerprint density at radius 1 is 1.50 bits per heavy atom. The number of carboxylic acids is 1. The summed E-state index contributed by atoms with van der Waals surface area (Å²) in [5.74, 6) is -0.391. The molecule has 0 amide bonds. The molecule has 0 saturated carbocycles. The number of carboxylic acid groups (broad SMARTS) is 1. The van der Waals surface area contributed by atoms with E-state index in [2.05, 4.69) is 20.5 Å². The van der Waals surface area contributed by atoms with Crippen molar-refractivity contribution < 1.29 is 14.6 Å². The van der Waals surface area contributed by atoms with Crippen LogP contribution in [0.25, 0.3) is 11.4 Å². The summed E-state index contributed by atoms with van der Waals surface area (Å²) in [7, 11) is 1.46. The van der Waals surface area contributed by atoms with E-state index in [-0.39, 0.29) is 13.0 Å². The van der Waals surface area contributed by atoms with Gasteiger partial charge in [-0.1, -0.05) is 0 Å². The minimum atomic E-state index is -0.927. The maximum absolute atomic E-state index is 10.7. The highest BCUT2D eigenvalue weighted by molar-refractivity contribution is 5.67. The number of aromatic nitrogens is 5. The van der Waals surface area contributed by atoms with Crippen LogP contribution in [0, 0.1) is 6.92 Å². The molecule has 2 aromatic rings. The Hall–Kier alpha value is -2.35.